The Morgan fingerprint density at radius 1 is 1.32 bits per heavy atom. The third-order valence-corrected chi connectivity index (χ3v) is 5.32. The number of benzene rings is 1. The molecule has 2 aliphatic rings. The largest absolute Gasteiger partial charge is 0.496 e. The van der Waals surface area contributed by atoms with Crippen molar-refractivity contribution in [2.24, 2.45) is 10.9 Å². The average Bonchev–Trinajstić information content (AvgIpc) is 3.27. The van der Waals surface area contributed by atoms with Crippen molar-refractivity contribution in [3.8, 4) is 5.75 Å². The van der Waals surface area contributed by atoms with Gasteiger partial charge in [-0.25, -0.2) is 0 Å². The van der Waals surface area contributed by atoms with E-state index in [9.17, 15) is 0 Å². The van der Waals surface area contributed by atoms with Crippen LogP contribution in [0.2, 0.25) is 0 Å². The lowest BCUT2D eigenvalue weighted by molar-refractivity contribution is 0.157. The van der Waals surface area contributed by atoms with Crippen LogP contribution in [0, 0.1) is 5.92 Å². The Labute approximate surface area is 168 Å². The first-order valence-corrected chi connectivity index (χ1v) is 8.80. The van der Waals surface area contributed by atoms with Crippen molar-refractivity contribution in [2.45, 2.75) is 24.7 Å². The van der Waals surface area contributed by atoms with Crippen LogP contribution in [0.1, 0.15) is 24.8 Å². The number of likely N-dealkylation sites (tertiary alicyclic amines) is 1. The lowest BCUT2D eigenvalue weighted by atomic mass is 9.95. The molecule has 3 rings (SSSR count). The van der Waals surface area contributed by atoms with E-state index in [4.69, 9.17) is 9.47 Å². The molecule has 1 unspecified atom stereocenters. The summed E-state index contributed by atoms with van der Waals surface area (Å²) in [7, 11) is 5.40. The first-order chi connectivity index (χ1) is 11.7. The predicted molar refractivity (Wildman–Crippen MR) is 112 cm³/mol. The molecule has 1 aliphatic heterocycles. The van der Waals surface area contributed by atoms with Gasteiger partial charge in [0.25, 0.3) is 0 Å². The number of rotatable bonds is 6. The normalized spacial score (nSPS) is 21.6. The van der Waals surface area contributed by atoms with E-state index >= 15 is 0 Å². The van der Waals surface area contributed by atoms with Crippen LogP contribution in [0.3, 0.4) is 0 Å². The molecular weight excluding hydrogens is 429 g/mol. The molecule has 1 N–H and O–H groups in total. The highest BCUT2D eigenvalue weighted by Gasteiger charge is 2.46. The van der Waals surface area contributed by atoms with Crippen LogP contribution in [-0.4, -0.2) is 58.4 Å². The number of nitrogens with one attached hydrogen (secondary N) is 1. The van der Waals surface area contributed by atoms with Gasteiger partial charge in [0.2, 0.25) is 0 Å². The summed E-state index contributed by atoms with van der Waals surface area (Å²) in [6.45, 7) is 3.81. The first-order valence-electron chi connectivity index (χ1n) is 8.80. The fourth-order valence-electron chi connectivity index (χ4n) is 3.75. The molecule has 0 spiro atoms. The van der Waals surface area contributed by atoms with Crippen LogP contribution in [0.25, 0.3) is 0 Å². The molecular formula is C19H30IN3O2. The van der Waals surface area contributed by atoms with Crippen LogP contribution in [0.4, 0.5) is 0 Å². The zero-order valence-corrected chi connectivity index (χ0v) is 17.8. The minimum Gasteiger partial charge on any atom is -0.496 e. The third-order valence-electron chi connectivity index (χ3n) is 5.32. The Morgan fingerprint density at radius 3 is 2.72 bits per heavy atom. The zero-order valence-electron chi connectivity index (χ0n) is 15.5. The van der Waals surface area contributed by atoms with E-state index in [-0.39, 0.29) is 29.4 Å². The Bertz CT molecular complexity index is 590. The summed E-state index contributed by atoms with van der Waals surface area (Å²) in [4.78, 5) is 6.84. The predicted octanol–water partition coefficient (Wildman–Crippen LogP) is 2.89. The maximum absolute atomic E-state index is 5.56. The van der Waals surface area contributed by atoms with Gasteiger partial charge in [-0.2, -0.15) is 0 Å². The molecule has 1 heterocycles. The monoisotopic (exact) mass is 459 g/mol. The summed E-state index contributed by atoms with van der Waals surface area (Å²) in [5.74, 6) is 2.61. The number of ether oxygens (including phenoxy) is 2. The van der Waals surface area contributed by atoms with Gasteiger partial charge in [0.05, 0.1) is 13.7 Å². The molecule has 1 saturated carbocycles. The number of nitrogens with zero attached hydrogens (tertiary/aromatic N) is 2. The van der Waals surface area contributed by atoms with Gasteiger partial charge in [-0.3, -0.25) is 4.99 Å². The standard InChI is InChI=1S/C19H29N3O2.HI/c1-20-18(22-11-8-15(12-22)13-23-2)21-14-19(9-10-19)16-6-4-5-7-17(16)24-3;/h4-7,15H,8-14H2,1-3H3,(H,20,21);1H. The molecule has 140 valence electrons. The van der Waals surface area contributed by atoms with Gasteiger partial charge in [-0.05, 0) is 25.3 Å². The van der Waals surface area contributed by atoms with Crippen LogP contribution in [0.5, 0.6) is 5.75 Å². The number of methoxy groups -OCH3 is 2. The molecule has 6 heteroatoms. The molecule has 2 fully saturated rings. The van der Waals surface area contributed by atoms with Gasteiger partial charge in [0.1, 0.15) is 5.75 Å². The Balaban J connectivity index is 0.00000225. The fraction of sp³-hybridized carbons (Fsp3) is 0.632. The fourth-order valence-corrected chi connectivity index (χ4v) is 3.75. The maximum atomic E-state index is 5.56. The van der Waals surface area contributed by atoms with Crippen molar-refractivity contribution in [1.29, 1.82) is 0 Å². The van der Waals surface area contributed by atoms with Crippen LogP contribution in [-0.2, 0) is 10.2 Å². The van der Waals surface area contributed by atoms with Crippen molar-refractivity contribution < 1.29 is 9.47 Å². The lowest BCUT2D eigenvalue weighted by Gasteiger charge is -2.25. The van der Waals surface area contributed by atoms with Gasteiger partial charge < -0.3 is 19.7 Å². The van der Waals surface area contributed by atoms with Crippen molar-refractivity contribution in [3.63, 3.8) is 0 Å². The molecule has 5 nitrogen and oxygen atoms in total. The van der Waals surface area contributed by atoms with Crippen molar-refractivity contribution in [1.82, 2.24) is 10.2 Å². The number of guanidine groups is 1. The molecule has 0 radical (unpaired) electrons. The van der Waals surface area contributed by atoms with E-state index in [0.717, 1.165) is 38.0 Å². The van der Waals surface area contributed by atoms with Gasteiger partial charge in [0.15, 0.2) is 5.96 Å². The molecule has 1 aromatic carbocycles. The Hall–Kier alpha value is -1.02. The van der Waals surface area contributed by atoms with Gasteiger partial charge in [-0.1, -0.05) is 18.2 Å². The summed E-state index contributed by atoms with van der Waals surface area (Å²) in [6.07, 6.45) is 3.57. The maximum Gasteiger partial charge on any atom is 0.193 e. The molecule has 25 heavy (non-hydrogen) atoms. The average molecular weight is 459 g/mol. The number of aliphatic imine (C=N–C) groups is 1. The minimum atomic E-state index is 0. The zero-order chi connectivity index (χ0) is 17.0. The third kappa shape index (κ3) is 4.58. The highest BCUT2D eigenvalue weighted by atomic mass is 127. The Kier molecular flexibility index (Phi) is 7.37. The lowest BCUT2D eigenvalue weighted by Crippen LogP contribution is -2.43. The second-order valence-corrected chi connectivity index (χ2v) is 6.94. The first kappa shape index (κ1) is 20.3. The van der Waals surface area contributed by atoms with E-state index < -0.39 is 0 Å². The second-order valence-electron chi connectivity index (χ2n) is 6.94. The Morgan fingerprint density at radius 2 is 2.08 bits per heavy atom. The van der Waals surface area contributed by atoms with Gasteiger partial charge in [-0.15, -0.1) is 24.0 Å². The van der Waals surface area contributed by atoms with Crippen LogP contribution in [0.15, 0.2) is 29.3 Å². The van der Waals surface area contributed by atoms with Gasteiger partial charge in [0, 0.05) is 50.7 Å². The minimum absolute atomic E-state index is 0. The highest BCUT2D eigenvalue weighted by Crippen LogP contribution is 2.50. The smallest absolute Gasteiger partial charge is 0.193 e. The summed E-state index contributed by atoms with van der Waals surface area (Å²) >= 11 is 0. The summed E-state index contributed by atoms with van der Waals surface area (Å²) in [5.41, 5.74) is 1.50. The number of para-hydroxylation sites is 1. The number of hydrogen-bond acceptors (Lipinski definition) is 3. The van der Waals surface area contributed by atoms with Gasteiger partial charge >= 0.3 is 0 Å². The van der Waals surface area contributed by atoms with E-state index in [1.807, 2.05) is 13.1 Å². The summed E-state index contributed by atoms with van der Waals surface area (Å²) in [6, 6.07) is 8.38. The molecule has 1 saturated heterocycles. The van der Waals surface area contributed by atoms with Crippen molar-refractivity contribution >= 4 is 29.9 Å². The molecule has 1 atom stereocenters. The molecule has 0 bridgehead atoms. The molecule has 1 aliphatic carbocycles. The van der Waals surface area contributed by atoms with Crippen LogP contribution < -0.4 is 10.1 Å². The molecule has 0 amide bonds. The van der Waals surface area contributed by atoms with E-state index in [2.05, 4.69) is 33.4 Å². The molecule has 1 aromatic rings. The van der Waals surface area contributed by atoms with E-state index in [1.165, 1.54) is 24.8 Å². The quantitative estimate of drug-likeness (QED) is 0.404. The summed E-state index contributed by atoms with van der Waals surface area (Å²) in [5, 5.41) is 3.61. The number of halogens is 1. The second kappa shape index (κ2) is 9.07. The highest BCUT2D eigenvalue weighted by molar-refractivity contribution is 14.0. The topological polar surface area (TPSA) is 46.1 Å². The molecule has 0 aromatic heterocycles. The van der Waals surface area contributed by atoms with E-state index in [1.54, 1.807) is 14.2 Å². The number of hydrogen-bond donors (Lipinski definition) is 1. The van der Waals surface area contributed by atoms with Crippen molar-refractivity contribution in [3.05, 3.63) is 29.8 Å². The SMILES string of the molecule is CN=C(NCC1(c2ccccc2OC)CC1)N1CCC(COC)C1.I. The van der Waals surface area contributed by atoms with Crippen molar-refractivity contribution in [2.75, 3.05) is 47.5 Å². The van der Waals surface area contributed by atoms with E-state index in [0.29, 0.717) is 5.92 Å². The summed E-state index contributed by atoms with van der Waals surface area (Å²) < 4.78 is 10.9. The van der Waals surface area contributed by atoms with Crippen LogP contribution >= 0.6 is 24.0 Å².